The Morgan fingerprint density at radius 2 is 1.75 bits per heavy atom. The topological polar surface area (TPSA) is 111 Å². The minimum Gasteiger partial charge on any atom is -0.481 e. The lowest BCUT2D eigenvalue weighted by molar-refractivity contribution is -0.385. The van der Waals surface area contributed by atoms with E-state index in [0.717, 1.165) is 6.07 Å². The number of halogens is 1. The Hall–Kier alpha value is -3.49. The second kappa shape index (κ2) is 7.68. The molecule has 2 aromatic carbocycles. The number of nitro groups is 1. The normalized spacial score (nSPS) is 9.88. The number of hydrazine groups is 1. The van der Waals surface area contributed by atoms with Crippen LogP contribution in [0.4, 0.5) is 10.1 Å². The van der Waals surface area contributed by atoms with E-state index in [1.807, 2.05) is 10.9 Å². The lowest BCUT2D eigenvalue weighted by Gasteiger charge is -2.09. The molecule has 0 aliphatic rings. The first-order chi connectivity index (χ1) is 11.5. The number of para-hydroxylation sites is 2. The van der Waals surface area contributed by atoms with E-state index in [-0.39, 0.29) is 11.3 Å². The molecule has 124 valence electrons. The van der Waals surface area contributed by atoms with E-state index in [1.54, 1.807) is 0 Å². The SMILES string of the molecule is O=C(COc1ccccc1F)NNC(=O)c1ccccc1[N+](=O)[O-]. The Bertz CT molecular complexity index is 781. The van der Waals surface area contributed by atoms with Gasteiger partial charge in [-0.15, -0.1) is 0 Å². The minimum atomic E-state index is -0.860. The average Bonchev–Trinajstić information content (AvgIpc) is 2.59. The fourth-order valence-electron chi connectivity index (χ4n) is 1.76. The number of amides is 2. The van der Waals surface area contributed by atoms with E-state index in [0.29, 0.717) is 0 Å². The number of benzene rings is 2. The molecule has 2 rings (SSSR count). The molecule has 0 spiro atoms. The molecule has 8 nitrogen and oxygen atoms in total. The van der Waals surface area contributed by atoms with Gasteiger partial charge < -0.3 is 4.74 Å². The molecule has 0 aliphatic carbocycles. The molecule has 2 N–H and O–H groups in total. The first kappa shape index (κ1) is 16.9. The molecule has 0 aliphatic heterocycles. The summed E-state index contributed by atoms with van der Waals surface area (Å²) in [5.74, 6) is -2.36. The molecule has 9 heteroatoms. The summed E-state index contributed by atoms with van der Waals surface area (Å²) in [5.41, 5.74) is 3.45. The summed E-state index contributed by atoms with van der Waals surface area (Å²) in [7, 11) is 0. The number of rotatable bonds is 5. The molecule has 0 bridgehead atoms. The summed E-state index contributed by atoms with van der Waals surface area (Å²) in [6, 6.07) is 10.8. The smallest absolute Gasteiger partial charge is 0.282 e. The maximum Gasteiger partial charge on any atom is 0.282 e. The van der Waals surface area contributed by atoms with Crippen molar-refractivity contribution in [1.29, 1.82) is 0 Å². The third kappa shape index (κ3) is 4.26. The zero-order chi connectivity index (χ0) is 17.5. The van der Waals surface area contributed by atoms with Gasteiger partial charge in [0.1, 0.15) is 5.56 Å². The summed E-state index contributed by atoms with van der Waals surface area (Å²) in [6.07, 6.45) is 0. The van der Waals surface area contributed by atoms with Gasteiger partial charge in [-0.25, -0.2) is 4.39 Å². The van der Waals surface area contributed by atoms with E-state index in [9.17, 15) is 24.1 Å². The molecular formula is C15H12FN3O5. The molecule has 0 saturated carbocycles. The van der Waals surface area contributed by atoms with Crippen molar-refractivity contribution in [3.63, 3.8) is 0 Å². The molecule has 0 saturated heterocycles. The van der Waals surface area contributed by atoms with Crippen molar-refractivity contribution < 1.29 is 23.6 Å². The number of carbonyl (C=O) groups is 2. The molecule has 0 atom stereocenters. The maximum atomic E-state index is 13.3. The van der Waals surface area contributed by atoms with Crippen molar-refractivity contribution in [2.75, 3.05) is 6.61 Å². The van der Waals surface area contributed by atoms with Crippen molar-refractivity contribution in [3.8, 4) is 5.75 Å². The number of hydrogen-bond donors (Lipinski definition) is 2. The van der Waals surface area contributed by atoms with Gasteiger partial charge >= 0.3 is 0 Å². The summed E-state index contributed by atoms with van der Waals surface area (Å²) in [4.78, 5) is 33.6. The van der Waals surface area contributed by atoms with Crippen LogP contribution in [0.1, 0.15) is 10.4 Å². The van der Waals surface area contributed by atoms with Gasteiger partial charge in [0.15, 0.2) is 18.2 Å². The van der Waals surface area contributed by atoms with Gasteiger partial charge in [0.05, 0.1) is 4.92 Å². The van der Waals surface area contributed by atoms with Crippen molar-refractivity contribution in [3.05, 3.63) is 70.0 Å². The van der Waals surface area contributed by atoms with Crippen molar-refractivity contribution in [1.82, 2.24) is 10.9 Å². The lowest BCUT2D eigenvalue weighted by atomic mass is 10.2. The zero-order valence-corrected chi connectivity index (χ0v) is 12.2. The third-order valence-electron chi connectivity index (χ3n) is 2.86. The average molecular weight is 333 g/mol. The third-order valence-corrected chi connectivity index (χ3v) is 2.86. The molecule has 24 heavy (non-hydrogen) atoms. The van der Waals surface area contributed by atoms with Crippen LogP contribution in [-0.4, -0.2) is 23.3 Å². The molecule has 0 radical (unpaired) electrons. The van der Waals surface area contributed by atoms with Crippen molar-refractivity contribution >= 4 is 17.5 Å². The van der Waals surface area contributed by atoms with E-state index in [1.165, 1.54) is 42.5 Å². The highest BCUT2D eigenvalue weighted by atomic mass is 19.1. The Kier molecular flexibility index (Phi) is 5.40. The monoisotopic (exact) mass is 333 g/mol. The molecular weight excluding hydrogens is 321 g/mol. The molecule has 2 aromatic rings. The number of carbonyl (C=O) groups excluding carboxylic acids is 2. The Morgan fingerprint density at radius 3 is 2.46 bits per heavy atom. The van der Waals surface area contributed by atoms with Gasteiger partial charge in [0.2, 0.25) is 0 Å². The molecule has 2 amide bonds. The van der Waals surface area contributed by atoms with Gasteiger partial charge in [-0.1, -0.05) is 24.3 Å². The van der Waals surface area contributed by atoms with E-state index >= 15 is 0 Å². The minimum absolute atomic E-state index is 0.113. The highest BCUT2D eigenvalue weighted by Crippen LogP contribution is 2.17. The van der Waals surface area contributed by atoms with Gasteiger partial charge in [-0.3, -0.25) is 30.6 Å². The fourth-order valence-corrected chi connectivity index (χ4v) is 1.76. The molecule has 0 unspecified atom stereocenters. The lowest BCUT2D eigenvalue weighted by Crippen LogP contribution is -2.44. The number of ether oxygens (including phenoxy) is 1. The second-order valence-corrected chi connectivity index (χ2v) is 4.50. The number of hydrogen-bond acceptors (Lipinski definition) is 5. The van der Waals surface area contributed by atoms with Crippen LogP contribution < -0.4 is 15.6 Å². The first-order valence-corrected chi connectivity index (χ1v) is 6.69. The summed E-state index contributed by atoms with van der Waals surface area (Å²) in [6.45, 7) is -0.544. The number of nitrogens with zero attached hydrogens (tertiary/aromatic N) is 1. The fraction of sp³-hybridized carbons (Fsp3) is 0.0667. The quantitative estimate of drug-likeness (QED) is 0.637. The van der Waals surface area contributed by atoms with Crippen molar-refractivity contribution in [2.24, 2.45) is 0 Å². The van der Waals surface area contributed by atoms with Crippen LogP contribution in [0, 0.1) is 15.9 Å². The predicted molar refractivity (Wildman–Crippen MR) is 80.6 cm³/mol. The maximum absolute atomic E-state index is 13.3. The molecule has 0 heterocycles. The van der Waals surface area contributed by atoms with Crippen LogP contribution in [0.15, 0.2) is 48.5 Å². The van der Waals surface area contributed by atoms with Crippen LogP contribution in [0.3, 0.4) is 0 Å². The predicted octanol–water partition coefficient (Wildman–Crippen LogP) is 1.57. The van der Waals surface area contributed by atoms with Crippen molar-refractivity contribution in [2.45, 2.75) is 0 Å². The van der Waals surface area contributed by atoms with E-state index in [4.69, 9.17) is 4.74 Å². The van der Waals surface area contributed by atoms with Crippen LogP contribution in [-0.2, 0) is 4.79 Å². The zero-order valence-electron chi connectivity index (χ0n) is 12.2. The number of nitro benzene ring substituents is 1. The summed E-state index contributed by atoms with van der Waals surface area (Å²) < 4.78 is 18.3. The molecule has 0 aromatic heterocycles. The second-order valence-electron chi connectivity index (χ2n) is 4.50. The summed E-state index contributed by atoms with van der Waals surface area (Å²) in [5, 5.41) is 10.8. The first-order valence-electron chi connectivity index (χ1n) is 6.69. The van der Waals surface area contributed by atoms with E-state index < -0.39 is 34.8 Å². The highest BCUT2D eigenvalue weighted by Gasteiger charge is 2.19. The number of nitrogens with one attached hydrogen (secondary N) is 2. The van der Waals surface area contributed by atoms with Gasteiger partial charge in [-0.05, 0) is 18.2 Å². The Morgan fingerprint density at radius 1 is 1.08 bits per heavy atom. The molecule has 0 fully saturated rings. The highest BCUT2D eigenvalue weighted by molar-refractivity contribution is 5.99. The van der Waals surface area contributed by atoms with Gasteiger partial charge in [-0.2, -0.15) is 0 Å². The van der Waals surface area contributed by atoms with Gasteiger partial charge in [0.25, 0.3) is 17.5 Å². The summed E-state index contributed by atoms with van der Waals surface area (Å²) >= 11 is 0. The van der Waals surface area contributed by atoms with Crippen LogP contribution in [0.5, 0.6) is 5.75 Å². The standard InChI is InChI=1S/C15H12FN3O5/c16-11-6-2-4-8-13(11)24-9-14(20)17-18-15(21)10-5-1-3-7-12(10)19(22)23/h1-8H,9H2,(H,17,20)(H,18,21). The van der Waals surface area contributed by atoms with Gasteiger partial charge in [0, 0.05) is 6.07 Å². The van der Waals surface area contributed by atoms with E-state index in [2.05, 4.69) is 0 Å². The Balaban J connectivity index is 1.89. The van der Waals surface area contributed by atoms with Crippen LogP contribution >= 0.6 is 0 Å². The largest absolute Gasteiger partial charge is 0.481 e. The van der Waals surface area contributed by atoms with Crippen LogP contribution in [0.25, 0.3) is 0 Å². The Labute approximate surface area is 135 Å². The van der Waals surface area contributed by atoms with Crippen LogP contribution in [0.2, 0.25) is 0 Å².